The van der Waals surface area contributed by atoms with Gasteiger partial charge in [0.2, 0.25) is 0 Å². The molecule has 0 aliphatic rings. The maximum absolute atomic E-state index is 12.6. The highest BCUT2D eigenvalue weighted by molar-refractivity contribution is 7.47. The maximum atomic E-state index is 12.6. The summed E-state index contributed by atoms with van der Waals surface area (Å²) in [7, 11) is -4.73. The van der Waals surface area contributed by atoms with Crippen molar-refractivity contribution >= 4 is 25.7 Å². The van der Waals surface area contributed by atoms with E-state index >= 15 is 0 Å². The molecule has 0 aromatic heterocycles. The number of carbonyl (C=O) groups is 3. The molecule has 58 heavy (non-hydrogen) atoms. The molecule has 0 saturated carbocycles. The Balaban J connectivity index is 4.45. The molecule has 0 aliphatic carbocycles. The third kappa shape index (κ3) is 40.0. The van der Waals surface area contributed by atoms with E-state index in [0.29, 0.717) is 19.3 Å². The van der Waals surface area contributed by atoms with Gasteiger partial charge in [-0.25, -0.2) is 4.57 Å². The molecule has 0 aliphatic heterocycles. The van der Waals surface area contributed by atoms with Crippen LogP contribution in [0.25, 0.3) is 0 Å². The van der Waals surface area contributed by atoms with Crippen LogP contribution >= 0.6 is 7.82 Å². The average Bonchev–Trinajstić information content (AvgIpc) is 3.20. The summed E-state index contributed by atoms with van der Waals surface area (Å²) < 4.78 is 32.7. The van der Waals surface area contributed by atoms with Gasteiger partial charge in [0.25, 0.3) is 0 Å². The van der Waals surface area contributed by atoms with E-state index in [-0.39, 0.29) is 19.4 Å². The molecular weight excluding hydrogens is 757 g/mol. The lowest BCUT2D eigenvalue weighted by molar-refractivity contribution is -0.161. The number of hydrogen-bond donors (Lipinski definition) is 3. The lowest BCUT2D eigenvalue weighted by atomic mass is 10.1. The molecule has 0 amide bonds. The van der Waals surface area contributed by atoms with Crippen molar-refractivity contribution < 1.29 is 47.5 Å². The molecule has 0 rings (SSSR count). The van der Waals surface area contributed by atoms with Gasteiger partial charge in [0.1, 0.15) is 12.6 Å². The number of carboxylic acid groups (broad SMARTS) is 1. The van der Waals surface area contributed by atoms with Gasteiger partial charge in [-0.1, -0.05) is 152 Å². The number of carbonyl (C=O) groups excluding carboxylic acids is 2. The summed E-state index contributed by atoms with van der Waals surface area (Å²) in [5, 5.41) is 8.89. The van der Waals surface area contributed by atoms with Crippen LogP contribution in [0.2, 0.25) is 0 Å². The van der Waals surface area contributed by atoms with E-state index in [9.17, 15) is 23.8 Å². The summed E-state index contributed by atoms with van der Waals surface area (Å²) >= 11 is 0. The Bertz CT molecular complexity index is 1210. The standard InChI is InChI=1S/C46H80NO10P/c1-3-5-7-9-11-13-15-17-19-21-23-25-27-29-31-33-35-37-44(48)54-39-42(40-55-58(52,53)56-41-43(47)46(50)51)57-45(49)38-36-34-32-30-28-26-24-22-20-18-16-14-12-10-8-6-4-2/h12,14,17-20,23,25,29,31,42-43H,3-11,13,15-16,21-22,24,26-28,30,32-41,47H2,1-2H3,(H,50,51)(H,52,53)/b14-12+,19-17+,20-18+,25-23+,31-29+/t42-,43+/m1/s1. The quantitative estimate of drug-likeness (QED) is 0.0231. The number of unbranched alkanes of at least 4 members (excludes halogenated alkanes) is 17. The van der Waals surface area contributed by atoms with Crippen molar-refractivity contribution in [2.24, 2.45) is 5.73 Å². The first kappa shape index (κ1) is 55.2. The van der Waals surface area contributed by atoms with Crippen molar-refractivity contribution in [2.75, 3.05) is 19.8 Å². The van der Waals surface area contributed by atoms with Gasteiger partial charge in [0.05, 0.1) is 13.2 Å². The first-order chi connectivity index (χ1) is 28.1. The van der Waals surface area contributed by atoms with Gasteiger partial charge in [-0.2, -0.15) is 0 Å². The van der Waals surface area contributed by atoms with Crippen LogP contribution in [0.15, 0.2) is 60.8 Å². The van der Waals surface area contributed by atoms with Crippen molar-refractivity contribution in [3.63, 3.8) is 0 Å². The topological polar surface area (TPSA) is 172 Å². The number of phosphoric ester groups is 1. The minimum absolute atomic E-state index is 0.139. The van der Waals surface area contributed by atoms with Crippen LogP contribution < -0.4 is 5.73 Å². The Morgan fingerprint density at radius 1 is 0.534 bits per heavy atom. The zero-order valence-corrected chi connectivity index (χ0v) is 37.0. The van der Waals surface area contributed by atoms with Crippen molar-refractivity contribution in [3.05, 3.63) is 60.8 Å². The predicted molar refractivity (Wildman–Crippen MR) is 235 cm³/mol. The second kappa shape index (κ2) is 40.9. The fourth-order valence-electron chi connectivity index (χ4n) is 5.70. The predicted octanol–water partition coefficient (Wildman–Crippen LogP) is 12.0. The Morgan fingerprint density at radius 2 is 0.931 bits per heavy atom. The van der Waals surface area contributed by atoms with Gasteiger partial charge >= 0.3 is 25.7 Å². The van der Waals surface area contributed by atoms with Crippen LogP contribution in [0, 0.1) is 0 Å². The van der Waals surface area contributed by atoms with Gasteiger partial charge in [0, 0.05) is 12.8 Å². The molecule has 0 bridgehead atoms. The van der Waals surface area contributed by atoms with Crippen molar-refractivity contribution in [3.8, 4) is 0 Å². The Labute approximate surface area is 351 Å². The number of aliphatic carboxylic acids is 1. The molecule has 0 fully saturated rings. The first-order valence-electron chi connectivity index (χ1n) is 22.3. The summed E-state index contributed by atoms with van der Waals surface area (Å²) in [6, 6.07) is -1.53. The number of phosphoric acid groups is 1. The van der Waals surface area contributed by atoms with Gasteiger partial charge in [0.15, 0.2) is 6.10 Å². The zero-order chi connectivity index (χ0) is 42.8. The highest BCUT2D eigenvalue weighted by Gasteiger charge is 2.28. The number of hydrogen-bond acceptors (Lipinski definition) is 9. The van der Waals surface area contributed by atoms with E-state index in [1.807, 2.05) is 6.08 Å². The van der Waals surface area contributed by atoms with Gasteiger partial charge in [-0.05, 0) is 77.0 Å². The summed E-state index contributed by atoms with van der Waals surface area (Å²) in [4.78, 5) is 46.0. The van der Waals surface area contributed by atoms with E-state index in [1.165, 1.54) is 77.0 Å². The summed E-state index contributed by atoms with van der Waals surface area (Å²) in [6.07, 6.45) is 47.2. The molecule has 12 heteroatoms. The molecule has 3 atom stereocenters. The average molecular weight is 838 g/mol. The fraction of sp³-hybridized carbons (Fsp3) is 0.717. The second-order valence-electron chi connectivity index (χ2n) is 14.8. The minimum atomic E-state index is -4.73. The number of nitrogens with two attached hydrogens (primary N) is 1. The number of esters is 2. The molecule has 0 radical (unpaired) electrons. The van der Waals surface area contributed by atoms with Crippen LogP contribution in [0.5, 0.6) is 0 Å². The van der Waals surface area contributed by atoms with E-state index in [2.05, 4.69) is 73.1 Å². The van der Waals surface area contributed by atoms with Crippen LogP contribution in [0.1, 0.15) is 181 Å². The SMILES string of the molecule is CCCCC/C=C/C/C=C/CCCCCCCCCC(=O)O[C@H](COC(=O)CCC/C=C/C/C=C/C/C=C/CCCCCCCC)COP(=O)(O)OC[C@H](N)C(=O)O. The minimum Gasteiger partial charge on any atom is -0.480 e. The third-order valence-corrected chi connectivity index (χ3v) is 10.2. The van der Waals surface area contributed by atoms with Crippen molar-refractivity contribution in [1.29, 1.82) is 0 Å². The van der Waals surface area contributed by atoms with Gasteiger partial charge in [-0.3, -0.25) is 23.4 Å². The van der Waals surface area contributed by atoms with E-state index in [4.69, 9.17) is 24.8 Å². The van der Waals surface area contributed by atoms with E-state index < -0.39 is 51.1 Å². The molecule has 334 valence electrons. The fourth-order valence-corrected chi connectivity index (χ4v) is 6.48. The van der Waals surface area contributed by atoms with Crippen LogP contribution in [0.4, 0.5) is 0 Å². The molecule has 11 nitrogen and oxygen atoms in total. The molecule has 1 unspecified atom stereocenters. The lowest BCUT2D eigenvalue weighted by Gasteiger charge is -2.20. The summed E-state index contributed by atoms with van der Waals surface area (Å²) in [5.74, 6) is -2.46. The number of allylic oxidation sites excluding steroid dienone is 10. The number of ether oxygens (including phenoxy) is 2. The number of carboxylic acids is 1. The summed E-state index contributed by atoms with van der Waals surface area (Å²) in [5.41, 5.74) is 5.33. The van der Waals surface area contributed by atoms with Gasteiger partial charge in [-0.15, -0.1) is 0 Å². The van der Waals surface area contributed by atoms with E-state index in [1.54, 1.807) is 0 Å². The van der Waals surface area contributed by atoms with Gasteiger partial charge < -0.3 is 25.2 Å². The van der Waals surface area contributed by atoms with Crippen LogP contribution in [-0.4, -0.2) is 59.9 Å². The Morgan fingerprint density at radius 3 is 1.45 bits per heavy atom. The summed E-state index contributed by atoms with van der Waals surface area (Å²) in [6.45, 7) is 2.71. The highest BCUT2D eigenvalue weighted by atomic mass is 31.2. The normalized spacial score (nSPS) is 14.3. The highest BCUT2D eigenvalue weighted by Crippen LogP contribution is 2.43. The van der Waals surface area contributed by atoms with Crippen molar-refractivity contribution in [1.82, 2.24) is 0 Å². The molecule has 0 spiro atoms. The maximum Gasteiger partial charge on any atom is 0.472 e. The smallest absolute Gasteiger partial charge is 0.472 e. The van der Waals surface area contributed by atoms with Crippen molar-refractivity contribution in [2.45, 2.75) is 193 Å². The second-order valence-corrected chi connectivity index (χ2v) is 16.3. The third-order valence-electron chi connectivity index (χ3n) is 9.24. The molecular formula is C46H80NO10P. The van der Waals surface area contributed by atoms with E-state index in [0.717, 1.165) is 57.8 Å². The lowest BCUT2D eigenvalue weighted by Crippen LogP contribution is -2.34. The Hall–Kier alpha value is -2.82. The number of rotatable bonds is 41. The molecule has 0 aromatic rings. The zero-order valence-electron chi connectivity index (χ0n) is 36.1. The molecule has 0 saturated heterocycles. The van der Waals surface area contributed by atoms with Crippen LogP contribution in [0.3, 0.4) is 0 Å². The first-order valence-corrected chi connectivity index (χ1v) is 23.8. The largest absolute Gasteiger partial charge is 0.480 e. The molecule has 0 aromatic carbocycles. The molecule has 0 heterocycles. The monoisotopic (exact) mass is 838 g/mol. The molecule has 4 N–H and O–H groups in total. The Kier molecular flexibility index (Phi) is 38.9. The van der Waals surface area contributed by atoms with Crippen LogP contribution in [-0.2, 0) is 37.5 Å².